The van der Waals surface area contributed by atoms with Crippen molar-refractivity contribution >= 4 is 75.3 Å². The van der Waals surface area contributed by atoms with Gasteiger partial charge in [0.05, 0.1) is 17.9 Å². The minimum Gasteiger partial charge on any atom is -0.456 e. The van der Waals surface area contributed by atoms with Gasteiger partial charge in [-0.3, -0.25) is 0 Å². The molecule has 0 aliphatic carbocycles. The summed E-state index contributed by atoms with van der Waals surface area (Å²) in [6.07, 6.45) is 0. The first-order valence-corrected chi connectivity index (χ1v) is 17.3. The van der Waals surface area contributed by atoms with E-state index in [9.17, 15) is 0 Å². The number of para-hydroxylation sites is 1. The minimum absolute atomic E-state index is 0.0145. The Bertz CT molecular complexity index is 3420. The highest BCUT2D eigenvalue weighted by Crippen LogP contribution is 2.44. The summed E-state index contributed by atoms with van der Waals surface area (Å²) in [7, 11) is 0. The van der Waals surface area contributed by atoms with Crippen LogP contribution < -0.4 is 0 Å². The Morgan fingerprint density at radius 3 is 2.10 bits per heavy atom. The fourth-order valence-electron chi connectivity index (χ4n) is 7.25. The zero-order valence-corrected chi connectivity index (χ0v) is 27.5. The highest BCUT2D eigenvalue weighted by molar-refractivity contribution is 7.26. The van der Waals surface area contributed by atoms with Crippen molar-refractivity contribution in [2.45, 2.75) is 0 Å². The average molecular weight is 676 g/mol. The average Bonchev–Trinajstić information content (AvgIpc) is 3.91. The number of hydrogen-bond donors (Lipinski definition) is 0. The molecule has 238 valence electrons. The van der Waals surface area contributed by atoms with Gasteiger partial charge in [-0.2, -0.15) is 0 Å². The van der Waals surface area contributed by atoms with Gasteiger partial charge in [-0.1, -0.05) is 109 Å². The van der Waals surface area contributed by atoms with Crippen LogP contribution in [0.5, 0.6) is 0 Å². The van der Waals surface area contributed by atoms with Crippen LogP contribution in [-0.2, 0) is 0 Å². The van der Waals surface area contributed by atoms with Crippen molar-refractivity contribution in [2.24, 2.45) is 0 Å². The lowest BCUT2D eigenvalue weighted by molar-refractivity contribution is 0.669. The first-order valence-electron chi connectivity index (χ1n) is 19.0. The van der Waals surface area contributed by atoms with Crippen molar-refractivity contribution in [3.8, 4) is 39.9 Å². The van der Waals surface area contributed by atoms with Gasteiger partial charge >= 0.3 is 0 Å². The van der Waals surface area contributed by atoms with Crippen LogP contribution >= 0.6 is 11.3 Å². The number of aromatic nitrogens is 4. The molecule has 0 spiro atoms. The first-order chi connectivity index (χ1) is 27.3. The second-order valence-electron chi connectivity index (χ2n) is 12.5. The number of benzene rings is 7. The van der Waals surface area contributed by atoms with Crippen LogP contribution in [0.2, 0.25) is 0 Å². The van der Waals surface area contributed by atoms with E-state index in [1.807, 2.05) is 65.9 Å². The molecule has 0 fully saturated rings. The number of fused-ring (bicyclic) bond motifs is 10. The van der Waals surface area contributed by atoms with Gasteiger partial charge in [0.15, 0.2) is 17.5 Å². The van der Waals surface area contributed by atoms with E-state index >= 15 is 0 Å². The summed E-state index contributed by atoms with van der Waals surface area (Å²) in [5.74, 6) is 0.576. The van der Waals surface area contributed by atoms with E-state index in [1.54, 1.807) is 0 Å². The zero-order valence-electron chi connectivity index (χ0n) is 31.7. The maximum absolute atomic E-state index is 8.62. The predicted octanol–water partition coefficient (Wildman–Crippen LogP) is 12.2. The van der Waals surface area contributed by atoms with Crippen LogP contribution in [0.1, 0.15) is 6.85 Å². The second kappa shape index (κ2) is 10.9. The third kappa shape index (κ3) is 4.37. The van der Waals surface area contributed by atoms with E-state index in [4.69, 9.17) is 21.2 Å². The van der Waals surface area contributed by atoms with Crippen LogP contribution in [0.4, 0.5) is 0 Å². The second-order valence-corrected chi connectivity index (χ2v) is 13.5. The zero-order chi connectivity index (χ0) is 37.8. The molecule has 7 aromatic carbocycles. The van der Waals surface area contributed by atoms with Gasteiger partial charge in [-0.25, -0.2) is 15.0 Å². The Morgan fingerprint density at radius 1 is 0.510 bits per heavy atom. The maximum atomic E-state index is 8.62. The van der Waals surface area contributed by atoms with Gasteiger partial charge in [-0.05, 0) is 48.5 Å². The van der Waals surface area contributed by atoms with E-state index in [1.165, 1.54) is 30.9 Å². The summed E-state index contributed by atoms with van der Waals surface area (Å²) in [5, 5.41) is 6.87. The highest BCUT2D eigenvalue weighted by Gasteiger charge is 2.19. The molecule has 0 bridgehead atoms. The lowest BCUT2D eigenvalue weighted by Crippen LogP contribution is -2.00. The molecule has 6 heteroatoms. The van der Waals surface area contributed by atoms with Gasteiger partial charge in [0.25, 0.3) is 0 Å². The summed E-state index contributed by atoms with van der Waals surface area (Å²) in [6, 6.07) is 40.9. The molecular weight excluding hydrogens is 645 g/mol. The third-order valence-corrected chi connectivity index (χ3v) is 10.7. The smallest absolute Gasteiger partial charge is 0.164 e. The summed E-state index contributed by atoms with van der Waals surface area (Å²) >= 11 is 1.84. The van der Waals surface area contributed by atoms with E-state index < -0.39 is 18.1 Å². The largest absolute Gasteiger partial charge is 0.456 e. The number of rotatable bonds is 4. The molecule has 51 heavy (non-hydrogen) atoms. The number of furan rings is 1. The van der Waals surface area contributed by atoms with Crippen LogP contribution in [0.3, 0.4) is 0 Å². The van der Waals surface area contributed by atoms with Crippen molar-refractivity contribution < 1.29 is 11.3 Å². The van der Waals surface area contributed by atoms with Crippen molar-refractivity contribution in [1.29, 1.82) is 0 Å². The van der Waals surface area contributed by atoms with Crippen LogP contribution in [0.25, 0.3) is 104 Å². The van der Waals surface area contributed by atoms with Crippen molar-refractivity contribution in [3.63, 3.8) is 0 Å². The topological polar surface area (TPSA) is 56.7 Å². The fraction of sp³-hybridized carbons (Fsp3) is 0. The molecule has 0 saturated carbocycles. The lowest BCUT2D eigenvalue weighted by atomic mass is 10.1. The predicted molar refractivity (Wildman–Crippen MR) is 211 cm³/mol. The van der Waals surface area contributed by atoms with E-state index in [2.05, 4.69) is 82.3 Å². The maximum Gasteiger partial charge on any atom is 0.164 e. The molecule has 11 aromatic rings. The molecule has 0 aliphatic heterocycles. The van der Waals surface area contributed by atoms with E-state index in [0.717, 1.165) is 33.1 Å². The van der Waals surface area contributed by atoms with Crippen LogP contribution in [0.15, 0.2) is 162 Å². The standard InChI is InChI=1S/C45H26N4OS/c1-3-11-27(12-4-1)43-46-44(28-13-5-2-6-14-28)48-45(47-43)29-19-21-31-35-26-30(20-24-38(35)50-39(31)25-29)49-36-17-9-7-16-34(36)41-37(49)23-22-33-32-15-8-10-18-40(32)51-42(33)41/h1-26H/i1D,3D,4D,11D,12D. The Labute approximate surface area is 302 Å². The molecule has 0 saturated heterocycles. The summed E-state index contributed by atoms with van der Waals surface area (Å²) in [6.45, 7) is 0. The van der Waals surface area contributed by atoms with Crippen LogP contribution in [-0.4, -0.2) is 19.5 Å². The molecule has 4 heterocycles. The van der Waals surface area contributed by atoms with Crippen LogP contribution in [0, 0.1) is 0 Å². The van der Waals surface area contributed by atoms with Gasteiger partial charge in [0, 0.05) is 64.1 Å². The van der Waals surface area contributed by atoms with E-state index in [-0.39, 0.29) is 29.3 Å². The molecule has 5 nitrogen and oxygen atoms in total. The third-order valence-electron chi connectivity index (χ3n) is 9.54. The number of hydrogen-bond acceptors (Lipinski definition) is 5. The summed E-state index contributed by atoms with van der Waals surface area (Å²) in [5.41, 5.74) is 5.87. The molecule has 0 aliphatic rings. The van der Waals surface area contributed by atoms with Gasteiger partial charge in [-0.15, -0.1) is 11.3 Å². The fourth-order valence-corrected chi connectivity index (χ4v) is 8.51. The van der Waals surface area contributed by atoms with Crippen molar-refractivity contribution in [1.82, 2.24) is 19.5 Å². The van der Waals surface area contributed by atoms with Gasteiger partial charge < -0.3 is 8.98 Å². The molecule has 11 rings (SSSR count). The normalized spacial score (nSPS) is 13.3. The number of thiophene rings is 1. The minimum atomic E-state index is -0.480. The van der Waals surface area contributed by atoms with E-state index in [0.29, 0.717) is 22.5 Å². The summed E-state index contributed by atoms with van der Waals surface area (Å²) < 4.78 is 53.2. The highest BCUT2D eigenvalue weighted by atomic mass is 32.1. The summed E-state index contributed by atoms with van der Waals surface area (Å²) in [4.78, 5) is 14.1. The quantitative estimate of drug-likeness (QED) is 0.186. The Balaban J connectivity index is 1.08. The molecular formula is C45H26N4OS. The molecule has 0 unspecified atom stereocenters. The number of nitrogens with zero attached hydrogens (tertiary/aromatic N) is 4. The lowest BCUT2D eigenvalue weighted by Gasteiger charge is -2.08. The Morgan fingerprint density at radius 2 is 1.24 bits per heavy atom. The van der Waals surface area contributed by atoms with Gasteiger partial charge in [0.1, 0.15) is 11.2 Å². The SMILES string of the molecule is [2H]c1c([2H])c([2H])c(-c2nc(-c3ccccc3)nc(-c3ccc4c(c3)oc3ccc(-n5c6ccccc6c6c7sc8ccccc8c7ccc65)cc34)n2)c([2H])c1[2H]. The Kier molecular flexibility index (Phi) is 5.08. The molecule has 0 amide bonds. The van der Waals surface area contributed by atoms with Crippen molar-refractivity contribution in [3.05, 3.63) is 158 Å². The Hall–Kier alpha value is -6.63. The monoisotopic (exact) mass is 675 g/mol. The molecule has 0 N–H and O–H groups in total. The first kappa shape index (κ1) is 23.7. The molecule has 0 atom stereocenters. The molecule has 4 aromatic heterocycles. The van der Waals surface area contributed by atoms with Crippen molar-refractivity contribution in [2.75, 3.05) is 0 Å². The van der Waals surface area contributed by atoms with Gasteiger partial charge in [0.2, 0.25) is 0 Å². The molecule has 0 radical (unpaired) electrons.